The van der Waals surface area contributed by atoms with Crippen LogP contribution in [0.5, 0.6) is 0 Å². The normalized spacial score (nSPS) is 11.4. The van der Waals surface area contributed by atoms with Gasteiger partial charge in [-0.05, 0) is 54.7 Å². The molecule has 1 nitrogen and oxygen atoms in total. The minimum Gasteiger partial charge on any atom is -0.289 e. The highest BCUT2D eigenvalue weighted by Gasteiger charge is 2.14. The van der Waals surface area contributed by atoms with E-state index >= 15 is 0 Å². The second kappa shape index (κ2) is 7.31. The molecule has 0 heterocycles. The zero-order valence-electron chi connectivity index (χ0n) is 14.9. The lowest BCUT2D eigenvalue weighted by atomic mass is 9.88. The Labute approximate surface area is 149 Å². The van der Waals surface area contributed by atoms with Gasteiger partial charge in [0.25, 0.3) is 0 Å². The lowest BCUT2D eigenvalue weighted by Gasteiger charge is -2.16. The van der Waals surface area contributed by atoms with Crippen molar-refractivity contribution in [1.29, 1.82) is 0 Å². The summed E-state index contributed by atoms with van der Waals surface area (Å²) in [7, 11) is 0. The lowest BCUT2D eigenvalue weighted by Crippen LogP contribution is -2.01. The van der Waals surface area contributed by atoms with Gasteiger partial charge in [0, 0.05) is 5.56 Å². The molecule has 3 aromatic rings. The molecule has 0 aliphatic heterocycles. The molecule has 0 radical (unpaired) electrons. The zero-order chi connectivity index (χ0) is 17.8. The fourth-order valence-corrected chi connectivity index (χ4v) is 3.34. The van der Waals surface area contributed by atoms with Gasteiger partial charge in [-0.2, -0.15) is 0 Å². The van der Waals surface area contributed by atoms with Crippen LogP contribution in [0.25, 0.3) is 5.57 Å². The van der Waals surface area contributed by atoms with E-state index in [0.717, 1.165) is 16.7 Å². The summed E-state index contributed by atoms with van der Waals surface area (Å²) >= 11 is 0. The third-order valence-corrected chi connectivity index (χ3v) is 4.36. The van der Waals surface area contributed by atoms with Crippen LogP contribution in [0.2, 0.25) is 0 Å². The second-order valence-corrected chi connectivity index (χ2v) is 6.43. The van der Waals surface area contributed by atoms with Gasteiger partial charge >= 0.3 is 0 Å². The van der Waals surface area contributed by atoms with Gasteiger partial charge < -0.3 is 0 Å². The predicted molar refractivity (Wildman–Crippen MR) is 105 cm³/mol. The average Bonchev–Trinajstić information content (AvgIpc) is 2.61. The van der Waals surface area contributed by atoms with Crippen molar-refractivity contribution in [1.82, 2.24) is 0 Å². The fourth-order valence-electron chi connectivity index (χ4n) is 3.34. The van der Waals surface area contributed by atoms with Gasteiger partial charge in [0.15, 0.2) is 5.78 Å². The van der Waals surface area contributed by atoms with Gasteiger partial charge in [0.2, 0.25) is 0 Å². The Bertz CT molecular complexity index is 896. The van der Waals surface area contributed by atoms with E-state index in [9.17, 15) is 4.79 Å². The van der Waals surface area contributed by atoms with E-state index in [1.165, 1.54) is 16.7 Å². The summed E-state index contributed by atoms with van der Waals surface area (Å²) in [5, 5.41) is 0. The molecular weight excluding hydrogens is 304 g/mol. The van der Waals surface area contributed by atoms with Gasteiger partial charge in [0.1, 0.15) is 0 Å². The fraction of sp³-hybridized carbons (Fsp3) is 0.125. The molecule has 0 unspecified atom stereocenters. The highest BCUT2D eigenvalue weighted by molar-refractivity contribution is 6.10. The zero-order valence-corrected chi connectivity index (χ0v) is 14.9. The molecule has 1 heteroatoms. The van der Waals surface area contributed by atoms with Crippen LogP contribution < -0.4 is 0 Å². The molecule has 3 rings (SSSR count). The molecule has 124 valence electrons. The summed E-state index contributed by atoms with van der Waals surface area (Å²) in [4.78, 5) is 12.8. The standard InChI is InChI=1S/C24H22O/c1-17-14-18(2)24(19(3)15-17)22(20-10-6-4-7-11-20)16-23(25)21-12-8-5-9-13-21/h4-16H,1-3H3/b22-16-. The van der Waals surface area contributed by atoms with Crippen molar-refractivity contribution < 1.29 is 4.79 Å². The molecular formula is C24H22O. The van der Waals surface area contributed by atoms with Crippen LogP contribution in [0.1, 0.15) is 38.2 Å². The monoisotopic (exact) mass is 326 g/mol. The maximum atomic E-state index is 12.8. The molecule has 0 aliphatic carbocycles. The average molecular weight is 326 g/mol. The van der Waals surface area contributed by atoms with Crippen LogP contribution in [0.15, 0.2) is 78.9 Å². The van der Waals surface area contributed by atoms with Crippen LogP contribution >= 0.6 is 0 Å². The molecule has 25 heavy (non-hydrogen) atoms. The smallest absolute Gasteiger partial charge is 0.186 e. The minimum absolute atomic E-state index is 0.0267. The number of carbonyl (C=O) groups is 1. The number of allylic oxidation sites excluding steroid dienone is 1. The molecule has 0 aliphatic rings. The number of aryl methyl sites for hydroxylation is 3. The van der Waals surface area contributed by atoms with Crippen molar-refractivity contribution in [2.45, 2.75) is 20.8 Å². The Morgan fingerprint density at radius 2 is 1.20 bits per heavy atom. The first-order valence-electron chi connectivity index (χ1n) is 8.51. The number of rotatable bonds is 4. The third-order valence-electron chi connectivity index (χ3n) is 4.36. The molecule has 0 N–H and O–H groups in total. The number of carbonyl (C=O) groups excluding carboxylic acids is 1. The summed E-state index contributed by atoms with van der Waals surface area (Å²) in [6.07, 6.45) is 1.77. The third kappa shape index (κ3) is 3.77. The molecule has 0 bridgehead atoms. The topological polar surface area (TPSA) is 17.1 Å². The molecule has 0 fully saturated rings. The molecule has 3 aromatic carbocycles. The van der Waals surface area contributed by atoms with Crippen molar-refractivity contribution in [2.75, 3.05) is 0 Å². The van der Waals surface area contributed by atoms with Crippen LogP contribution in [0, 0.1) is 20.8 Å². The Kier molecular flexibility index (Phi) is 4.95. The van der Waals surface area contributed by atoms with Crippen molar-refractivity contribution in [3.05, 3.63) is 112 Å². The SMILES string of the molecule is Cc1cc(C)c(/C(=C\C(=O)c2ccccc2)c2ccccc2)c(C)c1. The van der Waals surface area contributed by atoms with Crippen molar-refractivity contribution in [3.63, 3.8) is 0 Å². The molecule has 0 spiro atoms. The first kappa shape index (κ1) is 16.9. The number of hydrogen-bond acceptors (Lipinski definition) is 1. The van der Waals surface area contributed by atoms with Gasteiger partial charge in [-0.1, -0.05) is 78.4 Å². The molecule has 0 amide bonds. The van der Waals surface area contributed by atoms with Gasteiger partial charge in [-0.15, -0.1) is 0 Å². The van der Waals surface area contributed by atoms with E-state index in [-0.39, 0.29) is 5.78 Å². The molecule has 0 atom stereocenters. The van der Waals surface area contributed by atoms with Crippen molar-refractivity contribution in [2.24, 2.45) is 0 Å². The van der Waals surface area contributed by atoms with Gasteiger partial charge in [-0.25, -0.2) is 0 Å². The van der Waals surface area contributed by atoms with E-state index in [1.807, 2.05) is 48.5 Å². The van der Waals surface area contributed by atoms with E-state index in [0.29, 0.717) is 5.56 Å². The van der Waals surface area contributed by atoms with E-state index < -0.39 is 0 Å². The largest absolute Gasteiger partial charge is 0.289 e. The van der Waals surface area contributed by atoms with Crippen LogP contribution in [-0.4, -0.2) is 5.78 Å². The highest BCUT2D eigenvalue weighted by atomic mass is 16.1. The van der Waals surface area contributed by atoms with E-state index in [1.54, 1.807) is 6.08 Å². The lowest BCUT2D eigenvalue weighted by molar-refractivity contribution is 0.104. The summed E-state index contributed by atoms with van der Waals surface area (Å²) in [5.41, 5.74) is 7.49. The number of hydrogen-bond donors (Lipinski definition) is 0. The maximum Gasteiger partial charge on any atom is 0.186 e. The highest BCUT2D eigenvalue weighted by Crippen LogP contribution is 2.30. The van der Waals surface area contributed by atoms with Crippen LogP contribution in [0.3, 0.4) is 0 Å². The minimum atomic E-state index is 0.0267. The first-order chi connectivity index (χ1) is 12.1. The summed E-state index contributed by atoms with van der Waals surface area (Å²) in [6.45, 7) is 6.32. The number of ketones is 1. The summed E-state index contributed by atoms with van der Waals surface area (Å²) in [6, 6.07) is 23.9. The second-order valence-electron chi connectivity index (χ2n) is 6.43. The van der Waals surface area contributed by atoms with Crippen LogP contribution in [0.4, 0.5) is 0 Å². The van der Waals surface area contributed by atoms with Gasteiger partial charge in [-0.3, -0.25) is 4.79 Å². The Hall–Kier alpha value is -2.93. The quantitative estimate of drug-likeness (QED) is 0.429. The Morgan fingerprint density at radius 1 is 0.720 bits per heavy atom. The van der Waals surface area contributed by atoms with E-state index in [2.05, 4.69) is 45.0 Å². The van der Waals surface area contributed by atoms with Crippen molar-refractivity contribution >= 4 is 11.4 Å². The Balaban J connectivity index is 2.19. The Morgan fingerprint density at radius 3 is 1.72 bits per heavy atom. The predicted octanol–water partition coefficient (Wildman–Crippen LogP) is 5.93. The first-order valence-corrected chi connectivity index (χ1v) is 8.51. The number of benzene rings is 3. The van der Waals surface area contributed by atoms with Gasteiger partial charge in [0.05, 0.1) is 0 Å². The molecule has 0 aromatic heterocycles. The van der Waals surface area contributed by atoms with E-state index in [4.69, 9.17) is 0 Å². The van der Waals surface area contributed by atoms with Crippen molar-refractivity contribution in [3.8, 4) is 0 Å². The molecule has 0 saturated carbocycles. The van der Waals surface area contributed by atoms with Crippen LogP contribution in [-0.2, 0) is 0 Å². The summed E-state index contributed by atoms with van der Waals surface area (Å²) < 4.78 is 0. The summed E-state index contributed by atoms with van der Waals surface area (Å²) in [5.74, 6) is 0.0267. The molecule has 0 saturated heterocycles. The maximum absolute atomic E-state index is 12.8.